The first-order valence-corrected chi connectivity index (χ1v) is 6.70. The highest BCUT2D eigenvalue weighted by molar-refractivity contribution is 9.10. The predicted octanol–water partition coefficient (Wildman–Crippen LogP) is 4.30. The molecule has 20 heavy (non-hydrogen) atoms. The number of hydrogen-bond donors (Lipinski definition) is 1. The van der Waals surface area contributed by atoms with Crippen LogP contribution in [0.15, 0.2) is 40.9 Å². The van der Waals surface area contributed by atoms with Crippen LogP contribution >= 0.6 is 27.5 Å². The van der Waals surface area contributed by atoms with Crippen molar-refractivity contribution in [2.45, 2.75) is 6.61 Å². The monoisotopic (exact) mass is 357 g/mol. The molecule has 7 heteroatoms. The Hall–Kier alpha value is -1.63. The Bertz CT molecular complexity index is 663. The number of rotatable bonds is 4. The van der Waals surface area contributed by atoms with Crippen LogP contribution in [0.3, 0.4) is 0 Å². The van der Waals surface area contributed by atoms with Gasteiger partial charge in [0.2, 0.25) is 0 Å². The van der Waals surface area contributed by atoms with Gasteiger partial charge in [0, 0.05) is 16.7 Å². The Balaban J connectivity index is 2.42. The minimum atomic E-state index is -0.512. The highest BCUT2D eigenvalue weighted by atomic mass is 79.9. The van der Waals surface area contributed by atoms with E-state index in [9.17, 15) is 15.2 Å². The molecular formula is C13H9BrClNO4. The van der Waals surface area contributed by atoms with Gasteiger partial charge in [0.05, 0.1) is 11.5 Å². The second-order valence-corrected chi connectivity index (χ2v) is 5.09. The van der Waals surface area contributed by atoms with Crippen molar-refractivity contribution < 1.29 is 14.8 Å². The molecule has 0 saturated carbocycles. The maximum Gasteiger partial charge on any atom is 0.287 e. The lowest BCUT2D eigenvalue weighted by Crippen LogP contribution is -1.95. The first-order chi connectivity index (χ1) is 9.52. The van der Waals surface area contributed by atoms with Gasteiger partial charge in [-0.1, -0.05) is 23.7 Å². The third-order valence-electron chi connectivity index (χ3n) is 2.56. The molecule has 0 aliphatic rings. The van der Waals surface area contributed by atoms with Crippen LogP contribution in [0.4, 0.5) is 5.69 Å². The number of aliphatic hydroxyl groups is 1. The Labute approximate surface area is 128 Å². The molecule has 0 heterocycles. The van der Waals surface area contributed by atoms with Gasteiger partial charge in [-0.15, -0.1) is 0 Å². The summed E-state index contributed by atoms with van der Waals surface area (Å²) in [6.07, 6.45) is 0. The molecule has 0 radical (unpaired) electrons. The zero-order chi connectivity index (χ0) is 14.7. The van der Waals surface area contributed by atoms with Crippen molar-refractivity contribution >= 4 is 33.2 Å². The van der Waals surface area contributed by atoms with E-state index in [1.165, 1.54) is 12.1 Å². The summed E-state index contributed by atoms with van der Waals surface area (Å²) >= 11 is 9.02. The van der Waals surface area contributed by atoms with Crippen LogP contribution in [0.1, 0.15) is 5.56 Å². The maximum atomic E-state index is 10.9. The fourth-order valence-electron chi connectivity index (χ4n) is 1.59. The van der Waals surface area contributed by atoms with Gasteiger partial charge in [-0.25, -0.2) is 0 Å². The largest absolute Gasteiger partial charge is 0.455 e. The molecule has 0 saturated heterocycles. The standard InChI is InChI=1S/C13H9BrClNO4/c14-13-10(16(18)19)2-1-3-11(13)20-12-6-9(15)5-4-8(12)7-17/h1-6,17H,7H2. The van der Waals surface area contributed by atoms with Crippen LogP contribution in [0, 0.1) is 10.1 Å². The van der Waals surface area contributed by atoms with E-state index < -0.39 is 4.92 Å². The van der Waals surface area contributed by atoms with Crippen molar-refractivity contribution in [2.75, 3.05) is 0 Å². The fraction of sp³-hybridized carbons (Fsp3) is 0.0769. The molecule has 0 aliphatic heterocycles. The number of ether oxygens (including phenoxy) is 1. The Morgan fingerprint density at radius 1 is 1.30 bits per heavy atom. The number of nitro groups is 1. The molecule has 0 bridgehead atoms. The zero-order valence-electron chi connectivity index (χ0n) is 10.0. The molecule has 2 aromatic rings. The van der Waals surface area contributed by atoms with Crippen molar-refractivity contribution in [3.05, 3.63) is 61.6 Å². The van der Waals surface area contributed by atoms with Crippen LogP contribution < -0.4 is 4.74 Å². The van der Waals surface area contributed by atoms with Gasteiger partial charge in [-0.3, -0.25) is 10.1 Å². The van der Waals surface area contributed by atoms with Gasteiger partial charge in [-0.05, 0) is 34.1 Å². The zero-order valence-corrected chi connectivity index (χ0v) is 12.4. The SMILES string of the molecule is O=[N+]([O-])c1cccc(Oc2cc(Cl)ccc2CO)c1Br. The lowest BCUT2D eigenvalue weighted by atomic mass is 10.2. The third kappa shape index (κ3) is 3.09. The van der Waals surface area contributed by atoms with E-state index in [-0.39, 0.29) is 22.5 Å². The van der Waals surface area contributed by atoms with Crippen molar-refractivity contribution in [3.8, 4) is 11.5 Å². The summed E-state index contributed by atoms with van der Waals surface area (Å²) in [4.78, 5) is 10.4. The Morgan fingerprint density at radius 2 is 2.05 bits per heavy atom. The molecule has 0 spiro atoms. The highest BCUT2D eigenvalue weighted by Gasteiger charge is 2.17. The fourth-order valence-corrected chi connectivity index (χ4v) is 2.24. The lowest BCUT2D eigenvalue weighted by Gasteiger charge is -2.11. The average molecular weight is 359 g/mol. The smallest absolute Gasteiger partial charge is 0.287 e. The minimum absolute atomic E-state index is 0.102. The van der Waals surface area contributed by atoms with E-state index in [2.05, 4.69) is 15.9 Å². The molecule has 2 rings (SSSR count). The lowest BCUT2D eigenvalue weighted by molar-refractivity contribution is -0.385. The van der Waals surface area contributed by atoms with Gasteiger partial charge < -0.3 is 9.84 Å². The molecule has 0 aromatic heterocycles. The highest BCUT2D eigenvalue weighted by Crippen LogP contribution is 2.38. The van der Waals surface area contributed by atoms with Crippen molar-refractivity contribution in [1.82, 2.24) is 0 Å². The van der Waals surface area contributed by atoms with E-state index in [4.69, 9.17) is 16.3 Å². The molecule has 2 aromatic carbocycles. The van der Waals surface area contributed by atoms with Gasteiger partial charge >= 0.3 is 0 Å². The second-order valence-electron chi connectivity index (χ2n) is 3.86. The molecule has 0 aliphatic carbocycles. The van der Waals surface area contributed by atoms with Gasteiger partial charge in [0.1, 0.15) is 16.0 Å². The summed E-state index contributed by atoms with van der Waals surface area (Å²) in [6, 6.07) is 9.26. The summed E-state index contributed by atoms with van der Waals surface area (Å²) in [5, 5.41) is 20.6. The van der Waals surface area contributed by atoms with Gasteiger partial charge in [0.15, 0.2) is 0 Å². The number of aliphatic hydroxyl groups excluding tert-OH is 1. The van der Waals surface area contributed by atoms with Crippen LogP contribution in [-0.2, 0) is 6.61 Å². The minimum Gasteiger partial charge on any atom is -0.455 e. The van der Waals surface area contributed by atoms with E-state index in [1.807, 2.05) is 0 Å². The van der Waals surface area contributed by atoms with Crippen LogP contribution in [-0.4, -0.2) is 10.0 Å². The van der Waals surface area contributed by atoms with Crippen LogP contribution in [0.2, 0.25) is 5.02 Å². The quantitative estimate of drug-likeness (QED) is 0.653. The van der Waals surface area contributed by atoms with Gasteiger partial charge in [0.25, 0.3) is 5.69 Å². The van der Waals surface area contributed by atoms with E-state index in [1.54, 1.807) is 24.3 Å². The second kappa shape index (κ2) is 6.21. The van der Waals surface area contributed by atoms with Crippen LogP contribution in [0.5, 0.6) is 11.5 Å². The molecule has 0 atom stereocenters. The first kappa shape index (κ1) is 14.8. The summed E-state index contributed by atoms with van der Waals surface area (Å²) < 4.78 is 5.84. The number of benzene rings is 2. The van der Waals surface area contributed by atoms with Gasteiger partial charge in [-0.2, -0.15) is 0 Å². The Morgan fingerprint density at radius 3 is 2.70 bits per heavy atom. The summed E-state index contributed by atoms with van der Waals surface area (Å²) in [6.45, 7) is -0.223. The summed E-state index contributed by atoms with van der Waals surface area (Å²) in [7, 11) is 0. The molecule has 0 fully saturated rings. The Kier molecular flexibility index (Phi) is 4.59. The molecule has 1 N–H and O–H groups in total. The van der Waals surface area contributed by atoms with Crippen molar-refractivity contribution in [1.29, 1.82) is 0 Å². The summed E-state index contributed by atoms with van der Waals surface area (Å²) in [5.41, 5.74) is 0.433. The predicted molar refractivity (Wildman–Crippen MR) is 78.2 cm³/mol. The molecule has 0 unspecified atom stereocenters. The van der Waals surface area contributed by atoms with Crippen molar-refractivity contribution in [2.24, 2.45) is 0 Å². The average Bonchev–Trinajstić information content (AvgIpc) is 2.41. The molecule has 5 nitrogen and oxygen atoms in total. The topological polar surface area (TPSA) is 72.6 Å². The number of nitro benzene ring substituents is 1. The normalized spacial score (nSPS) is 10.3. The van der Waals surface area contributed by atoms with Crippen LogP contribution in [0.25, 0.3) is 0 Å². The van der Waals surface area contributed by atoms with Crippen molar-refractivity contribution in [3.63, 3.8) is 0 Å². The third-order valence-corrected chi connectivity index (χ3v) is 3.59. The molecule has 0 amide bonds. The van der Waals surface area contributed by atoms with E-state index >= 15 is 0 Å². The molecule has 104 valence electrons. The number of halogens is 2. The summed E-state index contributed by atoms with van der Waals surface area (Å²) in [5.74, 6) is 0.623. The molecular weight excluding hydrogens is 350 g/mol. The van der Waals surface area contributed by atoms with E-state index in [0.717, 1.165) is 0 Å². The van der Waals surface area contributed by atoms with E-state index in [0.29, 0.717) is 16.3 Å². The first-order valence-electron chi connectivity index (χ1n) is 5.53. The number of nitrogens with zero attached hydrogens (tertiary/aromatic N) is 1. The number of hydrogen-bond acceptors (Lipinski definition) is 4. The maximum absolute atomic E-state index is 10.9.